The van der Waals surface area contributed by atoms with Crippen molar-refractivity contribution in [2.75, 3.05) is 5.32 Å². The van der Waals surface area contributed by atoms with Crippen molar-refractivity contribution >= 4 is 22.9 Å². The van der Waals surface area contributed by atoms with E-state index in [4.69, 9.17) is 5.26 Å². The Hall–Kier alpha value is -2.97. The van der Waals surface area contributed by atoms with Gasteiger partial charge < -0.3 is 5.32 Å². The molecule has 0 saturated carbocycles. The van der Waals surface area contributed by atoms with Gasteiger partial charge in [-0.05, 0) is 29.7 Å². The van der Waals surface area contributed by atoms with E-state index in [1.165, 1.54) is 5.56 Å². The van der Waals surface area contributed by atoms with E-state index in [1.807, 2.05) is 29.6 Å². The standard InChI is InChI=1S/C21H19N3OS/c1-2-15-3-7-17(8-4-15)21-24-19(14-26-21)13-20(25)23-18-9-5-16(6-10-18)11-12-22/h3-10,14H,2,11,13H2,1H3,(H,23,25). The Bertz CT molecular complexity index is 921. The topological polar surface area (TPSA) is 65.8 Å². The number of rotatable bonds is 6. The second-order valence-corrected chi connectivity index (χ2v) is 6.81. The molecular formula is C21H19N3OS. The van der Waals surface area contributed by atoms with E-state index < -0.39 is 0 Å². The van der Waals surface area contributed by atoms with E-state index >= 15 is 0 Å². The average molecular weight is 361 g/mol. The van der Waals surface area contributed by atoms with Gasteiger partial charge in [0.1, 0.15) is 5.01 Å². The number of nitrogens with zero attached hydrogens (tertiary/aromatic N) is 2. The Labute approximate surface area is 157 Å². The molecular weight excluding hydrogens is 342 g/mol. The minimum absolute atomic E-state index is 0.101. The monoisotopic (exact) mass is 361 g/mol. The molecule has 4 nitrogen and oxygen atoms in total. The van der Waals surface area contributed by atoms with Crippen molar-refractivity contribution in [1.82, 2.24) is 4.98 Å². The van der Waals surface area contributed by atoms with Crippen LogP contribution in [0.4, 0.5) is 5.69 Å². The van der Waals surface area contributed by atoms with Crippen molar-refractivity contribution in [1.29, 1.82) is 5.26 Å². The van der Waals surface area contributed by atoms with Crippen LogP contribution in [0.5, 0.6) is 0 Å². The maximum absolute atomic E-state index is 12.2. The molecule has 1 heterocycles. The van der Waals surface area contributed by atoms with E-state index in [-0.39, 0.29) is 12.3 Å². The largest absolute Gasteiger partial charge is 0.326 e. The van der Waals surface area contributed by atoms with E-state index in [1.54, 1.807) is 11.3 Å². The lowest BCUT2D eigenvalue weighted by atomic mass is 10.1. The number of hydrogen-bond acceptors (Lipinski definition) is 4. The van der Waals surface area contributed by atoms with Crippen LogP contribution in [0.2, 0.25) is 0 Å². The quantitative estimate of drug-likeness (QED) is 0.697. The van der Waals surface area contributed by atoms with Crippen LogP contribution in [0, 0.1) is 11.3 Å². The van der Waals surface area contributed by atoms with Crippen LogP contribution in [-0.2, 0) is 24.1 Å². The number of amides is 1. The summed E-state index contributed by atoms with van der Waals surface area (Å²) in [6, 6.07) is 17.8. The summed E-state index contributed by atoms with van der Waals surface area (Å²) in [6.07, 6.45) is 1.62. The van der Waals surface area contributed by atoms with E-state index in [2.05, 4.69) is 47.6 Å². The predicted molar refractivity (Wildman–Crippen MR) is 105 cm³/mol. The van der Waals surface area contributed by atoms with E-state index in [9.17, 15) is 4.79 Å². The first-order chi connectivity index (χ1) is 12.7. The first kappa shape index (κ1) is 17.8. The number of anilines is 1. The van der Waals surface area contributed by atoms with Gasteiger partial charge in [-0.15, -0.1) is 11.3 Å². The van der Waals surface area contributed by atoms with Crippen molar-refractivity contribution in [2.45, 2.75) is 26.2 Å². The molecule has 130 valence electrons. The van der Waals surface area contributed by atoms with Crippen LogP contribution in [0.25, 0.3) is 10.6 Å². The number of carbonyl (C=O) groups excluding carboxylic acids is 1. The molecule has 0 saturated heterocycles. The molecule has 0 spiro atoms. The molecule has 26 heavy (non-hydrogen) atoms. The zero-order valence-electron chi connectivity index (χ0n) is 14.5. The number of aromatic nitrogens is 1. The van der Waals surface area contributed by atoms with Crippen molar-refractivity contribution in [3.8, 4) is 16.6 Å². The van der Waals surface area contributed by atoms with Gasteiger partial charge in [0.05, 0.1) is 24.6 Å². The van der Waals surface area contributed by atoms with Gasteiger partial charge in [-0.25, -0.2) is 4.98 Å². The fourth-order valence-corrected chi connectivity index (χ4v) is 3.40. The molecule has 0 bridgehead atoms. The van der Waals surface area contributed by atoms with Crippen LogP contribution in [-0.4, -0.2) is 10.9 Å². The van der Waals surface area contributed by atoms with Crippen LogP contribution in [0.15, 0.2) is 53.9 Å². The number of thiazole rings is 1. The summed E-state index contributed by atoms with van der Waals surface area (Å²) in [4.78, 5) is 16.8. The van der Waals surface area contributed by atoms with Gasteiger partial charge in [-0.1, -0.05) is 43.3 Å². The summed E-state index contributed by atoms with van der Waals surface area (Å²) >= 11 is 1.55. The van der Waals surface area contributed by atoms with Crippen LogP contribution in [0.1, 0.15) is 23.7 Å². The Morgan fingerprint density at radius 2 is 1.81 bits per heavy atom. The number of carbonyl (C=O) groups is 1. The summed E-state index contributed by atoms with van der Waals surface area (Å²) in [5.41, 5.74) is 4.80. The van der Waals surface area contributed by atoms with Gasteiger partial charge >= 0.3 is 0 Å². The third kappa shape index (κ3) is 4.56. The summed E-state index contributed by atoms with van der Waals surface area (Å²) < 4.78 is 0. The summed E-state index contributed by atoms with van der Waals surface area (Å²) in [5.74, 6) is -0.101. The normalized spacial score (nSPS) is 10.3. The average Bonchev–Trinajstić information content (AvgIpc) is 3.12. The Morgan fingerprint density at radius 3 is 2.46 bits per heavy atom. The van der Waals surface area contributed by atoms with Crippen LogP contribution >= 0.6 is 11.3 Å². The van der Waals surface area contributed by atoms with Gasteiger partial charge in [0, 0.05) is 16.6 Å². The summed E-state index contributed by atoms with van der Waals surface area (Å²) in [5, 5.41) is 14.4. The van der Waals surface area contributed by atoms with Crippen LogP contribution in [0.3, 0.4) is 0 Å². The van der Waals surface area contributed by atoms with Crippen molar-refractivity contribution in [3.05, 3.63) is 70.7 Å². The molecule has 0 fully saturated rings. The van der Waals surface area contributed by atoms with Crippen molar-refractivity contribution < 1.29 is 4.79 Å². The first-order valence-electron chi connectivity index (χ1n) is 8.47. The number of nitrogens with one attached hydrogen (secondary N) is 1. The SMILES string of the molecule is CCc1ccc(-c2nc(CC(=O)Nc3ccc(CC#N)cc3)cs2)cc1. The molecule has 1 amide bonds. The molecule has 0 radical (unpaired) electrons. The highest BCUT2D eigenvalue weighted by atomic mass is 32.1. The van der Waals surface area contributed by atoms with E-state index in [0.717, 1.165) is 33.9 Å². The summed E-state index contributed by atoms with van der Waals surface area (Å²) in [7, 11) is 0. The predicted octanol–water partition coefficient (Wildman–Crippen LogP) is 4.62. The van der Waals surface area contributed by atoms with Crippen LogP contribution < -0.4 is 5.32 Å². The van der Waals surface area contributed by atoms with Crippen molar-refractivity contribution in [2.24, 2.45) is 0 Å². The molecule has 1 N–H and O–H groups in total. The van der Waals surface area contributed by atoms with Crippen molar-refractivity contribution in [3.63, 3.8) is 0 Å². The van der Waals surface area contributed by atoms with Gasteiger partial charge in [0.2, 0.25) is 5.91 Å². The highest BCUT2D eigenvalue weighted by molar-refractivity contribution is 7.13. The summed E-state index contributed by atoms with van der Waals surface area (Å²) in [6.45, 7) is 2.13. The second-order valence-electron chi connectivity index (χ2n) is 5.95. The minimum Gasteiger partial charge on any atom is -0.326 e. The molecule has 0 atom stereocenters. The fraction of sp³-hybridized carbons (Fsp3) is 0.190. The lowest BCUT2D eigenvalue weighted by Gasteiger charge is -2.04. The van der Waals surface area contributed by atoms with Gasteiger partial charge in [0.15, 0.2) is 0 Å². The molecule has 0 aliphatic carbocycles. The Balaban J connectivity index is 1.61. The Morgan fingerprint density at radius 1 is 1.12 bits per heavy atom. The molecule has 5 heteroatoms. The van der Waals surface area contributed by atoms with E-state index in [0.29, 0.717) is 6.42 Å². The molecule has 3 aromatic rings. The lowest BCUT2D eigenvalue weighted by molar-refractivity contribution is -0.115. The number of aryl methyl sites for hydroxylation is 1. The first-order valence-corrected chi connectivity index (χ1v) is 9.35. The van der Waals surface area contributed by atoms with Gasteiger partial charge in [-0.3, -0.25) is 4.79 Å². The maximum atomic E-state index is 12.2. The third-order valence-electron chi connectivity index (χ3n) is 4.02. The smallest absolute Gasteiger partial charge is 0.230 e. The lowest BCUT2D eigenvalue weighted by Crippen LogP contribution is -2.14. The number of benzene rings is 2. The molecule has 0 aliphatic rings. The molecule has 0 aliphatic heterocycles. The highest BCUT2D eigenvalue weighted by Crippen LogP contribution is 2.24. The third-order valence-corrected chi connectivity index (χ3v) is 4.96. The Kier molecular flexibility index (Phi) is 5.77. The fourth-order valence-electron chi connectivity index (χ4n) is 2.57. The number of hydrogen-bond donors (Lipinski definition) is 1. The molecule has 0 unspecified atom stereocenters. The van der Waals surface area contributed by atoms with Gasteiger partial charge in [-0.2, -0.15) is 5.26 Å². The second kappa shape index (κ2) is 8.41. The zero-order valence-corrected chi connectivity index (χ0v) is 15.3. The molecule has 2 aromatic carbocycles. The molecule has 1 aromatic heterocycles. The van der Waals surface area contributed by atoms with Gasteiger partial charge in [0.25, 0.3) is 0 Å². The minimum atomic E-state index is -0.101. The maximum Gasteiger partial charge on any atom is 0.230 e. The molecule has 3 rings (SSSR count). The highest BCUT2D eigenvalue weighted by Gasteiger charge is 2.09. The zero-order chi connectivity index (χ0) is 18.4. The number of nitriles is 1.